The average molecular weight is 250 g/mol. The number of nitrogens with zero attached hydrogens (tertiary/aromatic N) is 2. The normalized spacial score (nSPS) is 10.1. The Balaban J connectivity index is 2.34. The number of carboxylic acid groups (broad SMARTS) is 1. The lowest BCUT2D eigenvalue weighted by Crippen LogP contribution is -2.17. The Morgan fingerprint density at radius 3 is 2.78 bits per heavy atom. The molecule has 0 saturated carbocycles. The Morgan fingerprint density at radius 1 is 1.39 bits per heavy atom. The molecular formula is C10H7FN4O3. The third-order valence-corrected chi connectivity index (χ3v) is 2.11. The fourth-order valence-corrected chi connectivity index (χ4v) is 1.32. The summed E-state index contributed by atoms with van der Waals surface area (Å²) in [4.78, 5) is 26.1. The SMILES string of the molecule is O=C(Nc1c(F)cccc1C(=O)O)c1ncn[nH]1. The lowest BCUT2D eigenvalue weighted by Gasteiger charge is -2.07. The van der Waals surface area contributed by atoms with E-state index in [1.807, 2.05) is 0 Å². The molecule has 18 heavy (non-hydrogen) atoms. The molecule has 0 atom stereocenters. The Labute approximate surface area is 99.7 Å². The molecule has 1 aromatic carbocycles. The van der Waals surface area contributed by atoms with Crippen LogP contribution in [0, 0.1) is 5.82 Å². The third kappa shape index (κ3) is 2.17. The summed E-state index contributed by atoms with van der Waals surface area (Å²) < 4.78 is 13.5. The van der Waals surface area contributed by atoms with Gasteiger partial charge in [-0.25, -0.2) is 14.2 Å². The first-order valence-electron chi connectivity index (χ1n) is 4.78. The van der Waals surface area contributed by atoms with Crippen molar-refractivity contribution in [1.29, 1.82) is 0 Å². The smallest absolute Gasteiger partial charge is 0.337 e. The maximum atomic E-state index is 13.5. The molecule has 0 radical (unpaired) electrons. The molecular weight excluding hydrogens is 243 g/mol. The predicted molar refractivity (Wildman–Crippen MR) is 57.7 cm³/mol. The van der Waals surface area contributed by atoms with Gasteiger partial charge in [0.05, 0.1) is 11.3 Å². The van der Waals surface area contributed by atoms with E-state index in [1.165, 1.54) is 12.1 Å². The number of aromatic nitrogens is 3. The van der Waals surface area contributed by atoms with Crippen LogP contribution in [0.1, 0.15) is 21.0 Å². The molecule has 0 spiro atoms. The number of carbonyl (C=O) groups is 2. The minimum absolute atomic E-state index is 0.144. The summed E-state index contributed by atoms with van der Waals surface area (Å²) in [5.74, 6) is -3.11. The maximum Gasteiger partial charge on any atom is 0.337 e. The van der Waals surface area contributed by atoms with E-state index in [0.717, 1.165) is 12.4 Å². The predicted octanol–water partition coefficient (Wildman–Crippen LogP) is 0.894. The van der Waals surface area contributed by atoms with Gasteiger partial charge in [-0.3, -0.25) is 9.89 Å². The van der Waals surface area contributed by atoms with Gasteiger partial charge in [-0.15, -0.1) is 0 Å². The monoisotopic (exact) mass is 250 g/mol. The van der Waals surface area contributed by atoms with Crippen molar-refractivity contribution in [3.63, 3.8) is 0 Å². The highest BCUT2D eigenvalue weighted by molar-refractivity contribution is 6.05. The van der Waals surface area contributed by atoms with Gasteiger partial charge in [0.15, 0.2) is 0 Å². The highest BCUT2D eigenvalue weighted by atomic mass is 19.1. The van der Waals surface area contributed by atoms with Gasteiger partial charge < -0.3 is 10.4 Å². The summed E-state index contributed by atoms with van der Waals surface area (Å²) in [7, 11) is 0. The van der Waals surface area contributed by atoms with Crippen molar-refractivity contribution in [1.82, 2.24) is 15.2 Å². The van der Waals surface area contributed by atoms with Crippen LogP contribution in [0.4, 0.5) is 10.1 Å². The number of hydrogen-bond acceptors (Lipinski definition) is 4. The zero-order chi connectivity index (χ0) is 13.1. The number of benzene rings is 1. The minimum atomic E-state index is -1.35. The molecule has 0 aliphatic rings. The van der Waals surface area contributed by atoms with E-state index in [0.29, 0.717) is 0 Å². The summed E-state index contributed by atoms with van der Waals surface area (Å²) in [6, 6.07) is 3.47. The Bertz CT molecular complexity index is 597. The molecule has 0 saturated heterocycles. The Morgan fingerprint density at radius 2 is 2.17 bits per heavy atom. The van der Waals surface area contributed by atoms with Gasteiger partial charge in [-0.1, -0.05) is 6.07 Å². The number of halogens is 1. The molecule has 2 rings (SSSR count). The average Bonchev–Trinajstić information content (AvgIpc) is 2.85. The van der Waals surface area contributed by atoms with E-state index in [9.17, 15) is 14.0 Å². The second-order valence-corrected chi connectivity index (χ2v) is 3.26. The fourth-order valence-electron chi connectivity index (χ4n) is 1.32. The van der Waals surface area contributed by atoms with Crippen molar-refractivity contribution >= 4 is 17.6 Å². The van der Waals surface area contributed by atoms with Crippen molar-refractivity contribution < 1.29 is 19.1 Å². The topological polar surface area (TPSA) is 108 Å². The molecule has 0 fully saturated rings. The number of amides is 1. The lowest BCUT2D eigenvalue weighted by atomic mass is 10.1. The molecule has 92 valence electrons. The fraction of sp³-hybridized carbons (Fsp3) is 0. The number of aromatic amines is 1. The van der Waals surface area contributed by atoms with E-state index in [1.54, 1.807) is 0 Å². The second kappa shape index (κ2) is 4.62. The van der Waals surface area contributed by atoms with Gasteiger partial charge in [-0.2, -0.15) is 5.10 Å². The number of aromatic carboxylic acids is 1. The molecule has 3 N–H and O–H groups in total. The maximum absolute atomic E-state index is 13.5. The van der Waals surface area contributed by atoms with Crippen LogP contribution in [0.5, 0.6) is 0 Å². The number of anilines is 1. The Hall–Kier alpha value is -2.77. The van der Waals surface area contributed by atoms with E-state index < -0.39 is 23.4 Å². The van der Waals surface area contributed by atoms with Crippen molar-refractivity contribution in [2.24, 2.45) is 0 Å². The number of para-hydroxylation sites is 1. The molecule has 2 aromatic rings. The number of hydrogen-bond donors (Lipinski definition) is 3. The van der Waals surface area contributed by atoms with Crippen LogP contribution in [0.15, 0.2) is 24.5 Å². The first-order chi connectivity index (χ1) is 8.59. The third-order valence-electron chi connectivity index (χ3n) is 2.11. The van der Waals surface area contributed by atoms with Gasteiger partial charge in [-0.05, 0) is 12.1 Å². The zero-order valence-corrected chi connectivity index (χ0v) is 8.85. The highest BCUT2D eigenvalue weighted by Gasteiger charge is 2.18. The van der Waals surface area contributed by atoms with Gasteiger partial charge in [0, 0.05) is 0 Å². The lowest BCUT2D eigenvalue weighted by molar-refractivity contribution is 0.0697. The molecule has 1 heterocycles. The van der Waals surface area contributed by atoms with Crippen molar-refractivity contribution in [3.8, 4) is 0 Å². The summed E-state index contributed by atoms with van der Waals surface area (Å²) >= 11 is 0. The van der Waals surface area contributed by atoms with E-state index >= 15 is 0 Å². The summed E-state index contributed by atoms with van der Waals surface area (Å²) in [5.41, 5.74) is -0.755. The van der Waals surface area contributed by atoms with Gasteiger partial charge in [0.25, 0.3) is 5.91 Å². The zero-order valence-electron chi connectivity index (χ0n) is 8.85. The van der Waals surface area contributed by atoms with E-state index in [-0.39, 0.29) is 11.4 Å². The molecule has 0 unspecified atom stereocenters. The Kier molecular flexibility index (Phi) is 3.00. The molecule has 1 aromatic heterocycles. The molecule has 0 aliphatic carbocycles. The quantitative estimate of drug-likeness (QED) is 0.749. The molecule has 7 nitrogen and oxygen atoms in total. The summed E-state index contributed by atoms with van der Waals surface area (Å²) in [6.07, 6.45) is 1.11. The first-order valence-corrected chi connectivity index (χ1v) is 4.78. The van der Waals surface area contributed by atoms with Crippen LogP contribution < -0.4 is 5.32 Å². The number of rotatable bonds is 3. The van der Waals surface area contributed by atoms with Crippen molar-refractivity contribution in [3.05, 3.63) is 41.7 Å². The van der Waals surface area contributed by atoms with Crippen LogP contribution in [-0.4, -0.2) is 32.2 Å². The van der Waals surface area contributed by atoms with Gasteiger partial charge >= 0.3 is 5.97 Å². The van der Waals surface area contributed by atoms with Crippen LogP contribution in [0.3, 0.4) is 0 Å². The van der Waals surface area contributed by atoms with E-state index in [2.05, 4.69) is 20.5 Å². The van der Waals surface area contributed by atoms with Crippen LogP contribution in [-0.2, 0) is 0 Å². The molecule has 0 bridgehead atoms. The minimum Gasteiger partial charge on any atom is -0.478 e. The van der Waals surface area contributed by atoms with Crippen molar-refractivity contribution in [2.45, 2.75) is 0 Å². The first kappa shape index (κ1) is 11.7. The summed E-state index contributed by atoms with van der Waals surface area (Å²) in [6.45, 7) is 0. The van der Waals surface area contributed by atoms with Gasteiger partial charge in [0.2, 0.25) is 5.82 Å². The van der Waals surface area contributed by atoms with Crippen molar-refractivity contribution in [2.75, 3.05) is 5.32 Å². The molecule has 0 aliphatic heterocycles. The number of carboxylic acids is 1. The largest absolute Gasteiger partial charge is 0.478 e. The van der Waals surface area contributed by atoms with Crippen LogP contribution in [0.2, 0.25) is 0 Å². The number of nitrogens with one attached hydrogen (secondary N) is 2. The number of carbonyl (C=O) groups excluding carboxylic acids is 1. The molecule has 1 amide bonds. The standard InChI is InChI=1S/C10H7FN4O3/c11-6-3-1-2-5(10(17)18)7(6)14-9(16)8-12-4-13-15-8/h1-4H,(H,14,16)(H,17,18)(H,12,13,15). The van der Waals surface area contributed by atoms with Gasteiger partial charge in [0.1, 0.15) is 12.1 Å². The summed E-state index contributed by atoms with van der Waals surface area (Å²) in [5, 5.41) is 16.8. The van der Waals surface area contributed by atoms with Crippen LogP contribution in [0.25, 0.3) is 0 Å². The number of H-pyrrole nitrogens is 1. The van der Waals surface area contributed by atoms with Crippen LogP contribution >= 0.6 is 0 Å². The van der Waals surface area contributed by atoms with E-state index in [4.69, 9.17) is 5.11 Å². The highest BCUT2D eigenvalue weighted by Crippen LogP contribution is 2.20. The second-order valence-electron chi connectivity index (χ2n) is 3.26. The molecule has 8 heteroatoms.